The number of nitrogens with zero attached hydrogens (tertiary/aromatic N) is 4. The summed E-state index contributed by atoms with van der Waals surface area (Å²) >= 11 is 0. The predicted octanol–water partition coefficient (Wildman–Crippen LogP) is 4.44. The third kappa shape index (κ3) is 3.51. The summed E-state index contributed by atoms with van der Waals surface area (Å²) in [7, 11) is 0. The number of anilines is 1. The minimum Gasteiger partial charge on any atom is -0.364 e. The molecular formula is C22H20F4N4O. The number of alkyl halides is 2. The zero-order valence-corrected chi connectivity index (χ0v) is 16.6. The van der Waals surface area contributed by atoms with Crippen LogP contribution in [0.2, 0.25) is 0 Å². The van der Waals surface area contributed by atoms with Gasteiger partial charge in [-0.2, -0.15) is 5.10 Å². The molecule has 1 aromatic carbocycles. The molecule has 1 atom stereocenters. The molecule has 5 nitrogen and oxygen atoms in total. The molecule has 0 bridgehead atoms. The van der Waals surface area contributed by atoms with Crippen molar-refractivity contribution in [2.24, 2.45) is 0 Å². The van der Waals surface area contributed by atoms with E-state index < -0.39 is 30.0 Å². The van der Waals surface area contributed by atoms with E-state index in [4.69, 9.17) is 0 Å². The number of pyridine rings is 1. The van der Waals surface area contributed by atoms with Crippen LogP contribution in [0.5, 0.6) is 0 Å². The molecule has 4 heterocycles. The normalized spacial score (nSPS) is 20.7. The van der Waals surface area contributed by atoms with E-state index in [0.717, 1.165) is 29.1 Å². The van der Waals surface area contributed by atoms with Gasteiger partial charge >= 0.3 is 0 Å². The zero-order valence-electron chi connectivity index (χ0n) is 16.6. The van der Waals surface area contributed by atoms with Gasteiger partial charge in [-0.3, -0.25) is 4.79 Å². The van der Waals surface area contributed by atoms with E-state index in [1.54, 1.807) is 18.3 Å². The summed E-state index contributed by atoms with van der Waals surface area (Å²) in [6.07, 6.45) is 4.18. The maximum Gasteiger partial charge on any atom is 0.267 e. The van der Waals surface area contributed by atoms with Crippen LogP contribution >= 0.6 is 0 Å². The van der Waals surface area contributed by atoms with Gasteiger partial charge in [0.1, 0.15) is 11.6 Å². The summed E-state index contributed by atoms with van der Waals surface area (Å²) in [5.74, 6) is -4.32. The summed E-state index contributed by atoms with van der Waals surface area (Å²) in [6.45, 7) is 0.0401. The van der Waals surface area contributed by atoms with Gasteiger partial charge < -0.3 is 9.80 Å². The number of rotatable bonds is 3. The molecule has 0 N–H and O–H groups in total. The van der Waals surface area contributed by atoms with Crippen LogP contribution < -0.4 is 4.90 Å². The van der Waals surface area contributed by atoms with Crippen LogP contribution in [0.25, 0.3) is 5.52 Å². The van der Waals surface area contributed by atoms with Crippen molar-refractivity contribution in [1.82, 2.24) is 14.5 Å². The molecule has 2 aromatic heterocycles. The molecule has 3 aromatic rings. The third-order valence-electron chi connectivity index (χ3n) is 6.09. The summed E-state index contributed by atoms with van der Waals surface area (Å²) < 4.78 is 56.8. The summed E-state index contributed by atoms with van der Waals surface area (Å²) in [6, 6.07) is 6.66. The second-order valence-electron chi connectivity index (χ2n) is 8.12. The van der Waals surface area contributed by atoms with Crippen molar-refractivity contribution in [3.8, 4) is 0 Å². The Bertz CT molecular complexity index is 1160. The van der Waals surface area contributed by atoms with Crippen LogP contribution in [0, 0.1) is 11.6 Å². The number of halogens is 4. The first-order valence-corrected chi connectivity index (χ1v) is 10.2. The number of carbonyl (C=O) groups excluding carboxylic acids is 1. The standard InChI is InChI=1S/C22H20F4N4O/c23-14-3-4-18(24)16(10-14)19-2-1-7-29(19)15-5-8-30-20(11-15)17(12-27-30)21(31)28-9-6-22(25,26)13-28/h3-5,8,10-12,19H,1-2,6-7,9,13H2/t19-/m1/s1. The quantitative estimate of drug-likeness (QED) is 0.575. The van der Waals surface area contributed by atoms with Crippen molar-refractivity contribution in [3.63, 3.8) is 0 Å². The second kappa shape index (κ2) is 7.25. The summed E-state index contributed by atoms with van der Waals surface area (Å²) in [4.78, 5) is 16.0. The molecule has 2 aliphatic heterocycles. The topological polar surface area (TPSA) is 40.9 Å². The molecule has 2 fully saturated rings. The zero-order chi connectivity index (χ0) is 21.8. The van der Waals surface area contributed by atoms with Crippen LogP contribution in [0.4, 0.5) is 23.2 Å². The van der Waals surface area contributed by atoms with E-state index >= 15 is 0 Å². The van der Waals surface area contributed by atoms with Crippen molar-refractivity contribution >= 4 is 17.1 Å². The van der Waals surface area contributed by atoms with Gasteiger partial charge in [-0.15, -0.1) is 0 Å². The Morgan fingerprint density at radius 2 is 1.97 bits per heavy atom. The van der Waals surface area contributed by atoms with Crippen molar-refractivity contribution in [2.45, 2.75) is 31.2 Å². The average molecular weight is 432 g/mol. The number of hydrogen-bond donors (Lipinski definition) is 0. The first-order chi connectivity index (χ1) is 14.8. The molecule has 0 aliphatic carbocycles. The number of amides is 1. The lowest BCUT2D eigenvalue weighted by Gasteiger charge is -2.27. The molecule has 0 radical (unpaired) electrons. The molecule has 1 amide bonds. The Balaban J connectivity index is 1.49. The van der Waals surface area contributed by atoms with Crippen LogP contribution in [-0.4, -0.2) is 46.0 Å². The number of carbonyl (C=O) groups is 1. The smallest absolute Gasteiger partial charge is 0.267 e. The SMILES string of the molecule is O=C(c1cnn2ccc(N3CCC[C@@H]3c3cc(F)ccc3F)cc12)N1CCC(F)(F)C1. The lowest BCUT2D eigenvalue weighted by atomic mass is 10.0. The molecule has 2 aliphatic rings. The van der Waals surface area contributed by atoms with Crippen molar-refractivity contribution in [1.29, 1.82) is 0 Å². The highest BCUT2D eigenvalue weighted by molar-refractivity contribution is 6.01. The average Bonchev–Trinajstić information content (AvgIpc) is 3.46. The van der Waals surface area contributed by atoms with Gasteiger partial charge in [-0.1, -0.05) is 0 Å². The lowest BCUT2D eigenvalue weighted by molar-refractivity contribution is 0.0120. The Morgan fingerprint density at radius 1 is 1.13 bits per heavy atom. The highest BCUT2D eigenvalue weighted by atomic mass is 19.3. The van der Waals surface area contributed by atoms with Crippen LogP contribution in [0.1, 0.15) is 41.2 Å². The largest absolute Gasteiger partial charge is 0.364 e. The second-order valence-corrected chi connectivity index (χ2v) is 8.12. The van der Waals surface area contributed by atoms with Gasteiger partial charge in [0.05, 0.1) is 29.9 Å². The Kier molecular flexibility index (Phi) is 4.64. The van der Waals surface area contributed by atoms with E-state index in [1.807, 2.05) is 4.90 Å². The van der Waals surface area contributed by atoms with Gasteiger partial charge in [0.15, 0.2) is 0 Å². The monoisotopic (exact) mass is 432 g/mol. The molecule has 0 spiro atoms. The maximum atomic E-state index is 14.4. The van der Waals surface area contributed by atoms with Gasteiger partial charge in [0.25, 0.3) is 11.8 Å². The first kappa shape index (κ1) is 19.8. The fourth-order valence-electron chi connectivity index (χ4n) is 4.56. The van der Waals surface area contributed by atoms with Crippen molar-refractivity contribution < 1.29 is 22.4 Å². The Morgan fingerprint density at radius 3 is 2.74 bits per heavy atom. The Hall–Kier alpha value is -3.10. The fraction of sp³-hybridized carbons (Fsp3) is 0.364. The molecule has 0 unspecified atom stereocenters. The number of likely N-dealkylation sites (tertiary alicyclic amines) is 1. The number of hydrogen-bond acceptors (Lipinski definition) is 3. The number of fused-ring (bicyclic) bond motifs is 1. The lowest BCUT2D eigenvalue weighted by Crippen LogP contribution is -2.31. The number of benzene rings is 1. The van der Waals surface area contributed by atoms with E-state index in [-0.39, 0.29) is 24.6 Å². The molecule has 31 heavy (non-hydrogen) atoms. The fourth-order valence-corrected chi connectivity index (χ4v) is 4.56. The van der Waals surface area contributed by atoms with E-state index in [1.165, 1.54) is 16.8 Å². The molecule has 0 saturated carbocycles. The third-order valence-corrected chi connectivity index (χ3v) is 6.09. The minimum atomic E-state index is -2.87. The van der Waals surface area contributed by atoms with Crippen molar-refractivity contribution in [2.75, 3.05) is 24.5 Å². The van der Waals surface area contributed by atoms with Gasteiger partial charge in [-0.05, 0) is 43.2 Å². The molecule has 9 heteroatoms. The molecule has 2 saturated heterocycles. The van der Waals surface area contributed by atoms with Gasteiger partial charge in [-0.25, -0.2) is 22.1 Å². The molecule has 5 rings (SSSR count). The van der Waals surface area contributed by atoms with Gasteiger partial charge in [0, 0.05) is 37.0 Å². The highest BCUT2D eigenvalue weighted by Gasteiger charge is 2.41. The minimum absolute atomic E-state index is 0.00406. The summed E-state index contributed by atoms with van der Waals surface area (Å²) in [5.41, 5.74) is 1.76. The van der Waals surface area contributed by atoms with E-state index in [2.05, 4.69) is 5.10 Å². The predicted molar refractivity (Wildman–Crippen MR) is 106 cm³/mol. The number of aromatic nitrogens is 2. The highest BCUT2D eigenvalue weighted by Crippen LogP contribution is 2.38. The van der Waals surface area contributed by atoms with Crippen LogP contribution in [0.15, 0.2) is 42.7 Å². The molecular weight excluding hydrogens is 412 g/mol. The van der Waals surface area contributed by atoms with E-state index in [9.17, 15) is 22.4 Å². The first-order valence-electron chi connectivity index (χ1n) is 10.2. The Labute approximate surface area is 175 Å². The van der Waals surface area contributed by atoms with Crippen LogP contribution in [0.3, 0.4) is 0 Å². The maximum absolute atomic E-state index is 14.4. The van der Waals surface area contributed by atoms with Crippen LogP contribution in [-0.2, 0) is 0 Å². The summed E-state index contributed by atoms with van der Waals surface area (Å²) in [5, 5.41) is 4.17. The van der Waals surface area contributed by atoms with Crippen molar-refractivity contribution in [3.05, 3.63) is 65.5 Å². The molecule has 162 valence electrons. The van der Waals surface area contributed by atoms with Gasteiger partial charge in [0.2, 0.25) is 0 Å². The van der Waals surface area contributed by atoms with E-state index in [0.29, 0.717) is 24.0 Å².